The SMILES string of the molecule is O=C(c1cnc2cnccn12)N(Cc1ccccc1)C1CCCCC1. The normalized spacial score (nSPS) is 15.4. The van der Waals surface area contributed by atoms with Crippen molar-refractivity contribution in [3.63, 3.8) is 0 Å². The molecule has 1 aliphatic rings. The molecule has 3 aromatic rings. The van der Waals surface area contributed by atoms with Gasteiger partial charge in [-0.2, -0.15) is 0 Å². The maximum Gasteiger partial charge on any atom is 0.273 e. The van der Waals surface area contributed by atoms with Crippen molar-refractivity contribution < 1.29 is 4.79 Å². The Kier molecular flexibility index (Phi) is 4.46. The fraction of sp³-hybridized carbons (Fsp3) is 0.350. The van der Waals surface area contributed by atoms with E-state index in [-0.39, 0.29) is 5.91 Å². The van der Waals surface area contributed by atoms with Crippen LogP contribution >= 0.6 is 0 Å². The monoisotopic (exact) mass is 334 g/mol. The zero-order valence-electron chi connectivity index (χ0n) is 14.2. The average Bonchev–Trinajstić information content (AvgIpc) is 3.11. The molecule has 1 aromatic carbocycles. The van der Waals surface area contributed by atoms with E-state index in [1.165, 1.54) is 19.3 Å². The molecule has 0 radical (unpaired) electrons. The van der Waals surface area contributed by atoms with Gasteiger partial charge in [0.2, 0.25) is 0 Å². The molecule has 4 rings (SSSR count). The predicted octanol–water partition coefficient (Wildman–Crippen LogP) is 3.70. The molecule has 2 aromatic heterocycles. The van der Waals surface area contributed by atoms with Crippen LogP contribution in [0.1, 0.15) is 48.2 Å². The van der Waals surface area contributed by atoms with Crippen molar-refractivity contribution in [3.05, 3.63) is 66.4 Å². The number of fused-ring (bicyclic) bond motifs is 1. The van der Waals surface area contributed by atoms with Crippen LogP contribution in [0, 0.1) is 0 Å². The van der Waals surface area contributed by atoms with E-state index in [1.807, 2.05) is 27.5 Å². The molecule has 2 heterocycles. The summed E-state index contributed by atoms with van der Waals surface area (Å²) in [4.78, 5) is 23.8. The van der Waals surface area contributed by atoms with E-state index in [9.17, 15) is 4.79 Å². The smallest absolute Gasteiger partial charge is 0.273 e. The summed E-state index contributed by atoms with van der Waals surface area (Å²) in [7, 11) is 0. The first kappa shape index (κ1) is 15.8. The summed E-state index contributed by atoms with van der Waals surface area (Å²) < 4.78 is 1.83. The third kappa shape index (κ3) is 3.27. The van der Waals surface area contributed by atoms with Crippen molar-refractivity contribution in [1.29, 1.82) is 0 Å². The minimum Gasteiger partial charge on any atom is -0.330 e. The highest BCUT2D eigenvalue weighted by Gasteiger charge is 2.28. The Balaban J connectivity index is 1.67. The number of carbonyl (C=O) groups excluding carboxylic acids is 1. The molecule has 0 aliphatic heterocycles. The van der Waals surface area contributed by atoms with Crippen molar-refractivity contribution in [2.75, 3.05) is 0 Å². The quantitative estimate of drug-likeness (QED) is 0.731. The lowest BCUT2D eigenvalue weighted by Gasteiger charge is -2.34. The standard InChI is InChI=1S/C20H22N4O/c25-20(18-13-22-19-14-21-11-12-23(18)19)24(17-9-5-2-6-10-17)15-16-7-3-1-4-8-16/h1,3-4,7-8,11-14,17H,2,5-6,9-10,15H2. The summed E-state index contributed by atoms with van der Waals surface area (Å²) in [6, 6.07) is 10.5. The van der Waals surface area contributed by atoms with E-state index in [0.29, 0.717) is 23.9 Å². The maximum atomic E-state index is 13.4. The van der Waals surface area contributed by atoms with Crippen LogP contribution < -0.4 is 0 Å². The first-order valence-electron chi connectivity index (χ1n) is 8.95. The number of aromatic nitrogens is 3. The molecule has 1 aliphatic carbocycles. The zero-order chi connectivity index (χ0) is 17.1. The van der Waals surface area contributed by atoms with Gasteiger partial charge in [0.15, 0.2) is 5.65 Å². The third-order valence-electron chi connectivity index (χ3n) is 5.01. The molecule has 0 unspecified atom stereocenters. The van der Waals surface area contributed by atoms with Crippen LogP contribution in [0.3, 0.4) is 0 Å². The number of nitrogens with zero attached hydrogens (tertiary/aromatic N) is 4. The summed E-state index contributed by atoms with van der Waals surface area (Å²) >= 11 is 0. The Hall–Kier alpha value is -2.69. The highest BCUT2D eigenvalue weighted by molar-refractivity contribution is 5.93. The molecule has 5 nitrogen and oxygen atoms in total. The first-order chi connectivity index (χ1) is 12.3. The van der Waals surface area contributed by atoms with Crippen LogP contribution in [0.5, 0.6) is 0 Å². The molecular weight excluding hydrogens is 312 g/mol. The van der Waals surface area contributed by atoms with Crippen LogP contribution in [0.2, 0.25) is 0 Å². The summed E-state index contributed by atoms with van der Waals surface area (Å²) in [5.41, 5.74) is 2.48. The highest BCUT2D eigenvalue weighted by Crippen LogP contribution is 2.26. The molecule has 0 saturated heterocycles. The van der Waals surface area contributed by atoms with Crippen LogP contribution in [0.15, 0.2) is 55.1 Å². The largest absolute Gasteiger partial charge is 0.330 e. The fourth-order valence-corrected chi connectivity index (χ4v) is 3.69. The second-order valence-corrected chi connectivity index (χ2v) is 6.66. The highest BCUT2D eigenvalue weighted by atomic mass is 16.2. The van der Waals surface area contributed by atoms with Gasteiger partial charge in [-0.25, -0.2) is 4.98 Å². The van der Waals surface area contributed by atoms with Crippen molar-refractivity contribution >= 4 is 11.6 Å². The second-order valence-electron chi connectivity index (χ2n) is 6.66. The maximum absolute atomic E-state index is 13.4. The van der Waals surface area contributed by atoms with Crippen molar-refractivity contribution in [2.24, 2.45) is 0 Å². The molecule has 0 spiro atoms. The summed E-state index contributed by atoms with van der Waals surface area (Å²) in [5, 5.41) is 0. The van der Waals surface area contributed by atoms with E-state index >= 15 is 0 Å². The number of imidazole rings is 1. The Bertz CT molecular complexity index is 852. The molecule has 1 fully saturated rings. The molecule has 128 valence electrons. The lowest BCUT2D eigenvalue weighted by Crippen LogP contribution is -2.41. The predicted molar refractivity (Wildman–Crippen MR) is 96.2 cm³/mol. The first-order valence-corrected chi connectivity index (χ1v) is 8.95. The number of hydrogen-bond acceptors (Lipinski definition) is 3. The van der Waals surface area contributed by atoms with Gasteiger partial charge in [-0.3, -0.25) is 14.2 Å². The molecule has 1 saturated carbocycles. The van der Waals surface area contributed by atoms with E-state index < -0.39 is 0 Å². The fourth-order valence-electron chi connectivity index (χ4n) is 3.69. The van der Waals surface area contributed by atoms with Gasteiger partial charge in [-0.05, 0) is 18.4 Å². The number of rotatable bonds is 4. The van der Waals surface area contributed by atoms with Gasteiger partial charge >= 0.3 is 0 Å². The number of amides is 1. The van der Waals surface area contributed by atoms with Gasteiger partial charge in [0.25, 0.3) is 5.91 Å². The van der Waals surface area contributed by atoms with E-state index in [0.717, 1.165) is 18.4 Å². The van der Waals surface area contributed by atoms with E-state index in [2.05, 4.69) is 22.1 Å². The van der Waals surface area contributed by atoms with Gasteiger partial charge in [0.05, 0.1) is 12.4 Å². The molecular formula is C20H22N4O. The van der Waals surface area contributed by atoms with Crippen molar-refractivity contribution in [2.45, 2.75) is 44.7 Å². The Morgan fingerprint density at radius 3 is 2.72 bits per heavy atom. The lowest BCUT2D eigenvalue weighted by atomic mass is 9.93. The molecule has 0 bridgehead atoms. The zero-order valence-corrected chi connectivity index (χ0v) is 14.2. The Labute approximate surface area is 147 Å². The van der Waals surface area contributed by atoms with Crippen molar-refractivity contribution in [3.8, 4) is 0 Å². The minimum absolute atomic E-state index is 0.0504. The Morgan fingerprint density at radius 2 is 1.92 bits per heavy atom. The number of benzene rings is 1. The average molecular weight is 334 g/mol. The van der Waals surface area contributed by atoms with Crippen LogP contribution in [-0.4, -0.2) is 31.2 Å². The van der Waals surface area contributed by atoms with Gasteiger partial charge < -0.3 is 4.90 Å². The topological polar surface area (TPSA) is 50.5 Å². The van der Waals surface area contributed by atoms with Gasteiger partial charge in [-0.1, -0.05) is 49.6 Å². The summed E-state index contributed by atoms with van der Waals surface area (Å²) in [5.74, 6) is 0.0504. The number of carbonyl (C=O) groups is 1. The van der Waals surface area contributed by atoms with Gasteiger partial charge in [0, 0.05) is 25.0 Å². The second kappa shape index (κ2) is 7.05. The van der Waals surface area contributed by atoms with Crippen LogP contribution in [-0.2, 0) is 6.54 Å². The molecule has 5 heteroatoms. The van der Waals surface area contributed by atoms with Gasteiger partial charge in [-0.15, -0.1) is 0 Å². The van der Waals surface area contributed by atoms with Crippen LogP contribution in [0.25, 0.3) is 5.65 Å². The molecule has 1 amide bonds. The third-order valence-corrected chi connectivity index (χ3v) is 5.01. The number of hydrogen-bond donors (Lipinski definition) is 0. The van der Waals surface area contributed by atoms with E-state index in [4.69, 9.17) is 0 Å². The molecule has 25 heavy (non-hydrogen) atoms. The molecule has 0 N–H and O–H groups in total. The lowest BCUT2D eigenvalue weighted by molar-refractivity contribution is 0.0607. The van der Waals surface area contributed by atoms with Crippen LogP contribution in [0.4, 0.5) is 0 Å². The minimum atomic E-state index is 0.0504. The van der Waals surface area contributed by atoms with E-state index in [1.54, 1.807) is 24.8 Å². The molecule has 0 atom stereocenters. The Morgan fingerprint density at radius 1 is 1.12 bits per heavy atom. The van der Waals surface area contributed by atoms with Gasteiger partial charge in [0.1, 0.15) is 5.69 Å². The van der Waals surface area contributed by atoms with Crippen molar-refractivity contribution in [1.82, 2.24) is 19.3 Å². The summed E-state index contributed by atoms with van der Waals surface area (Å²) in [6.45, 7) is 0.642. The summed E-state index contributed by atoms with van der Waals surface area (Å²) in [6.07, 6.45) is 12.7.